The molecular weight excluding hydrogens is 272 g/mol. The van der Waals surface area contributed by atoms with Gasteiger partial charge in [-0.1, -0.05) is 0 Å². The summed E-state index contributed by atoms with van der Waals surface area (Å²) in [5.74, 6) is -0.829. The van der Waals surface area contributed by atoms with Gasteiger partial charge < -0.3 is 10.0 Å². The molecule has 1 saturated heterocycles. The zero-order chi connectivity index (χ0) is 15.4. The lowest BCUT2D eigenvalue weighted by molar-refractivity contribution is -0.137. The molecule has 1 aromatic heterocycles. The van der Waals surface area contributed by atoms with Crippen LogP contribution in [0.25, 0.3) is 0 Å². The van der Waals surface area contributed by atoms with Gasteiger partial charge in [0.1, 0.15) is 6.33 Å². The van der Waals surface area contributed by atoms with E-state index in [2.05, 4.69) is 14.9 Å². The van der Waals surface area contributed by atoms with Gasteiger partial charge in [-0.15, -0.1) is 0 Å². The van der Waals surface area contributed by atoms with E-state index in [1.54, 1.807) is 4.90 Å². The summed E-state index contributed by atoms with van der Waals surface area (Å²) < 4.78 is 0. The smallest absolute Gasteiger partial charge is 0.304 e. The van der Waals surface area contributed by atoms with Crippen LogP contribution in [0.4, 0.5) is 0 Å². The zero-order valence-electron chi connectivity index (χ0n) is 12.4. The average Bonchev–Trinajstić information content (AvgIpc) is 2.45. The summed E-state index contributed by atoms with van der Waals surface area (Å²) in [6.45, 7) is 6.76. The predicted molar refractivity (Wildman–Crippen MR) is 76.1 cm³/mol. The SMILES string of the molecule is Cc1ncnc(C)c1C(=O)N1CCN(CCC(=O)O)CC1. The van der Waals surface area contributed by atoms with Gasteiger partial charge in [0.2, 0.25) is 0 Å². The van der Waals surface area contributed by atoms with Crippen molar-refractivity contribution < 1.29 is 14.7 Å². The fourth-order valence-corrected chi connectivity index (χ4v) is 2.49. The van der Waals surface area contributed by atoms with Crippen molar-refractivity contribution in [1.82, 2.24) is 19.8 Å². The molecule has 1 aliphatic rings. The molecule has 0 saturated carbocycles. The van der Waals surface area contributed by atoms with E-state index in [1.165, 1.54) is 6.33 Å². The van der Waals surface area contributed by atoms with Crippen LogP contribution < -0.4 is 0 Å². The molecule has 0 radical (unpaired) electrons. The monoisotopic (exact) mass is 292 g/mol. The lowest BCUT2D eigenvalue weighted by Gasteiger charge is -2.34. The molecule has 0 spiro atoms. The first-order valence-electron chi connectivity index (χ1n) is 7.00. The first kappa shape index (κ1) is 15.4. The standard InChI is InChI=1S/C14H20N4O3/c1-10-13(11(2)16-9-15-10)14(21)18-7-5-17(6-8-18)4-3-12(19)20/h9H,3-8H2,1-2H3,(H,19,20). The highest BCUT2D eigenvalue weighted by Gasteiger charge is 2.25. The maximum absolute atomic E-state index is 12.5. The normalized spacial score (nSPS) is 16.0. The average molecular weight is 292 g/mol. The molecule has 0 aliphatic carbocycles. The van der Waals surface area contributed by atoms with Crippen molar-refractivity contribution in [2.45, 2.75) is 20.3 Å². The minimum Gasteiger partial charge on any atom is -0.481 e. The van der Waals surface area contributed by atoms with E-state index >= 15 is 0 Å². The molecule has 2 rings (SSSR count). The minimum atomic E-state index is -0.791. The second-order valence-corrected chi connectivity index (χ2v) is 5.20. The number of aryl methyl sites for hydroxylation is 2. The maximum atomic E-state index is 12.5. The van der Waals surface area contributed by atoms with E-state index in [4.69, 9.17) is 5.11 Å². The van der Waals surface area contributed by atoms with Gasteiger partial charge in [-0.3, -0.25) is 14.5 Å². The van der Waals surface area contributed by atoms with Crippen LogP contribution in [-0.4, -0.2) is 69.5 Å². The summed E-state index contributed by atoms with van der Waals surface area (Å²) in [6, 6.07) is 0. The fourth-order valence-electron chi connectivity index (χ4n) is 2.49. The summed E-state index contributed by atoms with van der Waals surface area (Å²) in [5, 5.41) is 8.69. The van der Waals surface area contributed by atoms with Crippen LogP contribution in [0.15, 0.2) is 6.33 Å². The van der Waals surface area contributed by atoms with E-state index in [9.17, 15) is 9.59 Å². The summed E-state index contributed by atoms with van der Waals surface area (Å²) >= 11 is 0. The zero-order valence-corrected chi connectivity index (χ0v) is 12.4. The van der Waals surface area contributed by atoms with Crippen LogP contribution in [0, 0.1) is 13.8 Å². The number of carbonyl (C=O) groups is 2. The second kappa shape index (κ2) is 6.62. The van der Waals surface area contributed by atoms with Gasteiger partial charge in [0.15, 0.2) is 0 Å². The molecule has 1 aliphatic heterocycles. The highest BCUT2D eigenvalue weighted by atomic mass is 16.4. The number of nitrogens with zero attached hydrogens (tertiary/aromatic N) is 4. The molecule has 2 heterocycles. The number of carboxylic acid groups (broad SMARTS) is 1. The topological polar surface area (TPSA) is 86.6 Å². The molecule has 7 nitrogen and oxygen atoms in total. The number of carbonyl (C=O) groups excluding carboxylic acids is 1. The minimum absolute atomic E-state index is 0.0384. The van der Waals surface area contributed by atoms with Crippen molar-refractivity contribution in [1.29, 1.82) is 0 Å². The van der Waals surface area contributed by atoms with Crippen molar-refractivity contribution in [3.63, 3.8) is 0 Å². The van der Waals surface area contributed by atoms with E-state index in [-0.39, 0.29) is 12.3 Å². The van der Waals surface area contributed by atoms with Crippen LogP contribution in [-0.2, 0) is 4.79 Å². The molecule has 0 aromatic carbocycles. The van der Waals surface area contributed by atoms with E-state index in [1.807, 2.05) is 13.8 Å². The molecule has 0 atom stereocenters. The quantitative estimate of drug-likeness (QED) is 0.860. The third-order valence-electron chi connectivity index (χ3n) is 3.74. The highest BCUT2D eigenvalue weighted by molar-refractivity contribution is 5.96. The Labute approximate surface area is 123 Å². The Morgan fingerprint density at radius 3 is 2.24 bits per heavy atom. The van der Waals surface area contributed by atoms with E-state index in [0.717, 1.165) is 0 Å². The van der Waals surface area contributed by atoms with Gasteiger partial charge in [-0.2, -0.15) is 0 Å². The van der Waals surface area contributed by atoms with Crippen LogP contribution in [0.1, 0.15) is 28.2 Å². The Morgan fingerprint density at radius 2 is 1.71 bits per heavy atom. The summed E-state index contributed by atoms with van der Waals surface area (Å²) in [6.07, 6.45) is 1.60. The van der Waals surface area contributed by atoms with Gasteiger partial charge in [-0.25, -0.2) is 9.97 Å². The Morgan fingerprint density at radius 1 is 1.14 bits per heavy atom. The number of aliphatic carboxylic acids is 1. The summed E-state index contributed by atoms with van der Waals surface area (Å²) in [5.41, 5.74) is 1.97. The molecule has 1 aromatic rings. The Kier molecular flexibility index (Phi) is 4.85. The van der Waals surface area contributed by atoms with Crippen LogP contribution in [0.2, 0.25) is 0 Å². The molecule has 114 valence electrons. The fraction of sp³-hybridized carbons (Fsp3) is 0.571. The third-order valence-corrected chi connectivity index (χ3v) is 3.74. The van der Waals surface area contributed by atoms with Gasteiger partial charge in [-0.05, 0) is 13.8 Å². The van der Waals surface area contributed by atoms with Gasteiger partial charge in [0.05, 0.1) is 23.4 Å². The number of carboxylic acids is 1. The van der Waals surface area contributed by atoms with Crippen LogP contribution >= 0.6 is 0 Å². The molecule has 0 bridgehead atoms. The van der Waals surface area contributed by atoms with Crippen LogP contribution in [0.3, 0.4) is 0 Å². The number of piperazine rings is 1. The summed E-state index contributed by atoms with van der Waals surface area (Å²) in [4.78, 5) is 35.1. The number of rotatable bonds is 4. The molecular formula is C14H20N4O3. The molecule has 21 heavy (non-hydrogen) atoms. The molecule has 1 amide bonds. The van der Waals surface area contributed by atoms with Crippen molar-refractivity contribution in [2.75, 3.05) is 32.7 Å². The Bertz CT molecular complexity index is 519. The summed E-state index contributed by atoms with van der Waals surface area (Å²) in [7, 11) is 0. The number of aromatic nitrogens is 2. The van der Waals surface area contributed by atoms with E-state index < -0.39 is 5.97 Å². The largest absolute Gasteiger partial charge is 0.481 e. The molecule has 1 N–H and O–H groups in total. The lowest BCUT2D eigenvalue weighted by atomic mass is 10.1. The molecule has 7 heteroatoms. The van der Waals surface area contributed by atoms with Gasteiger partial charge in [0.25, 0.3) is 5.91 Å². The number of hydrogen-bond donors (Lipinski definition) is 1. The third kappa shape index (κ3) is 3.75. The van der Waals surface area contributed by atoms with Crippen molar-refractivity contribution in [2.24, 2.45) is 0 Å². The molecule has 1 fully saturated rings. The Balaban J connectivity index is 1.96. The first-order chi connectivity index (χ1) is 9.99. The van der Waals surface area contributed by atoms with Gasteiger partial charge >= 0.3 is 5.97 Å². The van der Waals surface area contributed by atoms with Crippen molar-refractivity contribution >= 4 is 11.9 Å². The molecule has 0 unspecified atom stereocenters. The Hall–Kier alpha value is -2.02. The predicted octanol–water partition coefficient (Wildman–Crippen LogP) is 0.326. The highest BCUT2D eigenvalue weighted by Crippen LogP contribution is 2.13. The maximum Gasteiger partial charge on any atom is 0.304 e. The number of hydrogen-bond acceptors (Lipinski definition) is 5. The second-order valence-electron chi connectivity index (χ2n) is 5.20. The number of amides is 1. The first-order valence-corrected chi connectivity index (χ1v) is 7.00. The van der Waals surface area contributed by atoms with Crippen LogP contribution in [0.5, 0.6) is 0 Å². The van der Waals surface area contributed by atoms with E-state index in [0.29, 0.717) is 49.7 Å². The van der Waals surface area contributed by atoms with Crippen molar-refractivity contribution in [3.05, 3.63) is 23.3 Å². The van der Waals surface area contributed by atoms with Gasteiger partial charge in [0, 0.05) is 32.7 Å². The van der Waals surface area contributed by atoms with Crippen molar-refractivity contribution in [3.8, 4) is 0 Å². The lowest BCUT2D eigenvalue weighted by Crippen LogP contribution is -2.49.